The van der Waals surface area contributed by atoms with Crippen molar-refractivity contribution in [1.82, 2.24) is 5.32 Å². The average molecular weight is 304 g/mol. The van der Waals surface area contributed by atoms with Crippen molar-refractivity contribution in [3.63, 3.8) is 0 Å². The minimum atomic E-state index is -0.846. The van der Waals surface area contributed by atoms with E-state index >= 15 is 0 Å². The van der Waals surface area contributed by atoms with Crippen LogP contribution in [0.2, 0.25) is 0 Å². The van der Waals surface area contributed by atoms with E-state index in [9.17, 15) is 14.7 Å². The third-order valence-electron chi connectivity index (χ3n) is 3.78. The molecule has 0 unspecified atom stereocenters. The van der Waals surface area contributed by atoms with Crippen LogP contribution in [-0.4, -0.2) is 29.3 Å². The predicted molar refractivity (Wildman–Crippen MR) is 79.0 cm³/mol. The van der Waals surface area contributed by atoms with E-state index in [2.05, 4.69) is 5.32 Å². The molecule has 21 heavy (non-hydrogen) atoms. The Morgan fingerprint density at radius 3 is 2.67 bits per heavy atom. The van der Waals surface area contributed by atoms with Gasteiger partial charge in [0.1, 0.15) is 0 Å². The number of carboxylic acids is 1. The van der Waals surface area contributed by atoms with Crippen molar-refractivity contribution in [2.24, 2.45) is 5.41 Å². The summed E-state index contributed by atoms with van der Waals surface area (Å²) in [6, 6.07) is 9.05. The van der Waals surface area contributed by atoms with Gasteiger partial charge in [-0.25, -0.2) is 0 Å². The lowest BCUT2D eigenvalue weighted by Crippen LogP contribution is -2.47. The summed E-state index contributed by atoms with van der Waals surface area (Å²) in [6.07, 6.45) is 2.09. The lowest BCUT2D eigenvalue weighted by molar-refractivity contribution is -0.153. The van der Waals surface area contributed by atoms with Gasteiger partial charge in [-0.3, -0.25) is 9.59 Å². The summed E-state index contributed by atoms with van der Waals surface area (Å²) in [4.78, 5) is 24.2. The molecule has 1 fully saturated rings. The van der Waals surface area contributed by atoms with Gasteiger partial charge < -0.3 is 10.4 Å². The van der Waals surface area contributed by atoms with Crippen LogP contribution in [0.5, 0.6) is 0 Å². The molecule has 1 saturated carbocycles. The van der Waals surface area contributed by atoms with E-state index in [0.717, 1.165) is 11.3 Å². The lowest BCUT2D eigenvalue weighted by atomic mass is 9.69. The first-order valence-electron chi connectivity index (χ1n) is 6.69. The maximum absolute atomic E-state index is 12.2. The topological polar surface area (TPSA) is 90.2 Å². The van der Waals surface area contributed by atoms with Gasteiger partial charge in [0.2, 0.25) is 0 Å². The van der Waals surface area contributed by atoms with Crippen molar-refractivity contribution in [1.29, 1.82) is 5.26 Å². The highest BCUT2D eigenvalue weighted by atomic mass is 32.2. The van der Waals surface area contributed by atoms with Crippen molar-refractivity contribution >= 4 is 23.6 Å². The van der Waals surface area contributed by atoms with Crippen LogP contribution in [0, 0.1) is 16.7 Å². The number of benzene rings is 1. The van der Waals surface area contributed by atoms with Gasteiger partial charge in [0.25, 0.3) is 5.91 Å². The fraction of sp³-hybridized carbons (Fsp3) is 0.400. The molecule has 5 nitrogen and oxygen atoms in total. The zero-order valence-corrected chi connectivity index (χ0v) is 12.3. The van der Waals surface area contributed by atoms with Gasteiger partial charge in [-0.05, 0) is 25.0 Å². The zero-order chi connectivity index (χ0) is 15.3. The second kappa shape index (κ2) is 6.64. The summed E-state index contributed by atoms with van der Waals surface area (Å²) >= 11 is 1.30. The molecule has 0 heterocycles. The van der Waals surface area contributed by atoms with Crippen molar-refractivity contribution in [2.45, 2.75) is 24.2 Å². The fourth-order valence-corrected chi connectivity index (χ4v) is 3.02. The van der Waals surface area contributed by atoms with Gasteiger partial charge in [-0.15, -0.1) is 11.8 Å². The molecule has 2 rings (SSSR count). The lowest BCUT2D eigenvalue weighted by Gasteiger charge is -2.37. The molecule has 2 N–H and O–H groups in total. The second-order valence-electron chi connectivity index (χ2n) is 5.06. The van der Waals surface area contributed by atoms with Gasteiger partial charge in [0.15, 0.2) is 0 Å². The van der Waals surface area contributed by atoms with Gasteiger partial charge in [-0.1, -0.05) is 18.6 Å². The number of aliphatic carboxylic acids is 1. The van der Waals surface area contributed by atoms with E-state index in [1.54, 1.807) is 24.3 Å². The quantitative estimate of drug-likeness (QED) is 0.787. The number of hydrogen-bond donors (Lipinski definition) is 2. The molecule has 110 valence electrons. The first kappa shape index (κ1) is 15.4. The molecular formula is C15H16N2O3S. The van der Waals surface area contributed by atoms with Crippen LogP contribution in [-0.2, 0) is 4.79 Å². The number of nitrogens with zero attached hydrogens (tertiary/aromatic N) is 1. The molecule has 0 saturated heterocycles. The number of carbonyl (C=O) groups is 2. The Morgan fingerprint density at radius 2 is 2.10 bits per heavy atom. The van der Waals surface area contributed by atoms with E-state index in [1.807, 2.05) is 6.07 Å². The van der Waals surface area contributed by atoms with Crippen LogP contribution in [0.4, 0.5) is 0 Å². The smallest absolute Gasteiger partial charge is 0.311 e. The Morgan fingerprint density at radius 1 is 1.38 bits per heavy atom. The van der Waals surface area contributed by atoms with E-state index in [-0.39, 0.29) is 18.2 Å². The first-order valence-corrected chi connectivity index (χ1v) is 7.68. The fourth-order valence-electron chi connectivity index (χ4n) is 2.30. The number of rotatable bonds is 6. The van der Waals surface area contributed by atoms with Crippen LogP contribution >= 0.6 is 11.8 Å². The van der Waals surface area contributed by atoms with E-state index in [4.69, 9.17) is 5.26 Å². The maximum atomic E-state index is 12.2. The minimum Gasteiger partial charge on any atom is -0.481 e. The molecule has 1 aromatic carbocycles. The maximum Gasteiger partial charge on any atom is 0.311 e. The first-order chi connectivity index (χ1) is 10.1. The average Bonchev–Trinajstić information content (AvgIpc) is 2.43. The monoisotopic (exact) mass is 304 g/mol. The van der Waals surface area contributed by atoms with E-state index < -0.39 is 11.4 Å². The molecule has 0 aliphatic heterocycles. The molecule has 1 aromatic rings. The molecule has 0 radical (unpaired) electrons. The largest absolute Gasteiger partial charge is 0.481 e. The number of amides is 1. The number of nitrogens with one attached hydrogen (secondary N) is 1. The number of hydrogen-bond acceptors (Lipinski definition) is 4. The molecule has 1 aliphatic carbocycles. The zero-order valence-electron chi connectivity index (χ0n) is 11.5. The highest BCUT2D eigenvalue weighted by Gasteiger charge is 2.44. The summed E-state index contributed by atoms with van der Waals surface area (Å²) < 4.78 is 0. The normalized spacial score (nSPS) is 15.6. The molecule has 0 aromatic heterocycles. The van der Waals surface area contributed by atoms with Crippen molar-refractivity contribution in [2.75, 3.05) is 12.3 Å². The summed E-state index contributed by atoms with van der Waals surface area (Å²) in [5.41, 5.74) is -0.317. The highest BCUT2D eigenvalue weighted by Crippen LogP contribution is 2.40. The number of carbonyl (C=O) groups excluding carboxylic acids is 1. The third-order valence-corrected chi connectivity index (χ3v) is 4.72. The van der Waals surface area contributed by atoms with Crippen LogP contribution in [0.3, 0.4) is 0 Å². The predicted octanol–water partition coefficient (Wildman–Crippen LogP) is 2.29. The molecule has 0 atom stereocenters. The Labute approximate surface area is 127 Å². The number of carboxylic acid groups (broad SMARTS) is 1. The Hall–Kier alpha value is -2.00. The molecule has 6 heteroatoms. The van der Waals surface area contributed by atoms with Crippen LogP contribution in [0.25, 0.3) is 0 Å². The summed E-state index contributed by atoms with van der Waals surface area (Å²) in [6.45, 7) is 0.151. The number of nitriles is 1. The van der Waals surface area contributed by atoms with Crippen LogP contribution in [0.15, 0.2) is 29.2 Å². The van der Waals surface area contributed by atoms with Gasteiger partial charge >= 0.3 is 5.97 Å². The summed E-state index contributed by atoms with van der Waals surface area (Å²) in [5, 5.41) is 20.6. The van der Waals surface area contributed by atoms with Gasteiger partial charge in [0, 0.05) is 11.4 Å². The molecular weight excluding hydrogens is 288 g/mol. The Balaban J connectivity index is 2.04. The highest BCUT2D eigenvalue weighted by molar-refractivity contribution is 7.99. The van der Waals surface area contributed by atoms with E-state index in [1.165, 1.54) is 11.8 Å². The molecule has 1 aliphatic rings. The summed E-state index contributed by atoms with van der Waals surface area (Å²) in [7, 11) is 0. The SMILES string of the molecule is N#CCSc1ccccc1C(=O)NCC1(C(=O)O)CCC1. The van der Waals surface area contributed by atoms with Crippen LogP contribution < -0.4 is 5.32 Å². The minimum absolute atomic E-state index is 0.151. The van der Waals surface area contributed by atoms with Crippen molar-refractivity contribution < 1.29 is 14.7 Å². The standard InChI is InChI=1S/C15H16N2O3S/c16-8-9-21-12-5-2-1-4-11(12)13(18)17-10-15(14(19)20)6-3-7-15/h1-2,4-5H,3,6-7,9-10H2,(H,17,18)(H,19,20). The summed E-state index contributed by atoms with van der Waals surface area (Å²) in [5.74, 6) is -0.867. The third kappa shape index (κ3) is 3.37. The van der Waals surface area contributed by atoms with Crippen LogP contribution in [0.1, 0.15) is 29.6 Å². The molecule has 1 amide bonds. The van der Waals surface area contributed by atoms with Gasteiger partial charge in [-0.2, -0.15) is 5.26 Å². The Bertz CT molecular complexity index is 591. The van der Waals surface area contributed by atoms with Crippen molar-refractivity contribution in [3.8, 4) is 6.07 Å². The second-order valence-corrected chi connectivity index (χ2v) is 6.08. The molecule has 0 spiro atoms. The van der Waals surface area contributed by atoms with Crippen molar-refractivity contribution in [3.05, 3.63) is 29.8 Å². The van der Waals surface area contributed by atoms with E-state index in [0.29, 0.717) is 18.4 Å². The Kier molecular flexibility index (Phi) is 4.86. The van der Waals surface area contributed by atoms with Gasteiger partial charge in [0.05, 0.1) is 22.8 Å². The number of thioether (sulfide) groups is 1. The molecule has 0 bridgehead atoms.